The summed E-state index contributed by atoms with van der Waals surface area (Å²) in [5, 5.41) is 19.3. The molecule has 0 rings (SSSR count). The Morgan fingerprint density at radius 2 is 2.00 bits per heavy atom. The zero-order chi connectivity index (χ0) is 6.41. The Hall–Kier alpha value is -0.640. The molecule has 0 aliphatic rings. The highest BCUT2D eigenvalue weighted by Crippen LogP contribution is 1.85. The highest BCUT2D eigenvalue weighted by atomic mass is 16.6. The number of hydrogen-bond donors (Lipinski definition) is 0. The molecule has 0 saturated heterocycles. The van der Waals surface area contributed by atoms with Crippen LogP contribution in [-0.2, 0) is 5.11 Å². The van der Waals surface area contributed by atoms with Gasteiger partial charge >= 0.3 is 0 Å². The van der Waals surface area contributed by atoms with Gasteiger partial charge in [-0.25, -0.2) is 5.11 Å². The van der Waals surface area contributed by atoms with E-state index in [2.05, 4.69) is 0 Å². The minimum Gasteiger partial charge on any atom is -0.265 e. The van der Waals surface area contributed by atoms with Gasteiger partial charge in [-0.3, -0.25) is 10.1 Å². The summed E-state index contributed by atoms with van der Waals surface area (Å²) in [7, 11) is 0. The summed E-state index contributed by atoms with van der Waals surface area (Å²) in [5.41, 5.74) is 0. The summed E-state index contributed by atoms with van der Waals surface area (Å²) < 4.78 is 0. The molecule has 0 aliphatic carbocycles. The smallest absolute Gasteiger partial charge is 0.204 e. The van der Waals surface area contributed by atoms with Gasteiger partial charge in [0, 0.05) is 11.3 Å². The van der Waals surface area contributed by atoms with Crippen LogP contribution in [0.2, 0.25) is 0 Å². The first kappa shape index (κ1) is 7.36. The first-order valence-electron chi connectivity index (χ1n) is 2.47. The van der Waals surface area contributed by atoms with Gasteiger partial charge in [0.2, 0.25) is 6.54 Å². The van der Waals surface area contributed by atoms with Crippen molar-refractivity contribution in [2.45, 2.75) is 12.8 Å². The molecule has 0 atom stereocenters. The molecular weight excluding hydrogens is 110 g/mol. The van der Waals surface area contributed by atoms with Crippen LogP contribution in [0, 0.1) is 10.1 Å². The minimum atomic E-state index is -0.407. The van der Waals surface area contributed by atoms with E-state index in [9.17, 15) is 15.2 Å². The largest absolute Gasteiger partial charge is 0.265 e. The van der Waals surface area contributed by atoms with E-state index in [0.717, 1.165) is 0 Å². The molecule has 0 saturated carbocycles. The summed E-state index contributed by atoms with van der Waals surface area (Å²) >= 11 is 0. The predicted molar refractivity (Wildman–Crippen MR) is 26.6 cm³/mol. The minimum absolute atomic E-state index is 0.0672. The van der Waals surface area contributed by atoms with Gasteiger partial charge < -0.3 is 0 Å². The summed E-state index contributed by atoms with van der Waals surface area (Å²) in [5.74, 6) is 0. The topological polar surface area (TPSA) is 63.0 Å². The van der Waals surface area contributed by atoms with E-state index in [0.29, 0.717) is 12.8 Å². The normalized spacial score (nSPS) is 9.12. The molecule has 0 N–H and O–H groups in total. The molecule has 47 valence electrons. The Morgan fingerprint density at radius 1 is 1.38 bits per heavy atom. The van der Waals surface area contributed by atoms with E-state index < -0.39 is 4.92 Å². The van der Waals surface area contributed by atoms with Crippen molar-refractivity contribution in [3.05, 3.63) is 10.1 Å². The Morgan fingerprint density at radius 3 is 2.38 bits per heavy atom. The molecule has 0 spiro atoms. The van der Waals surface area contributed by atoms with E-state index in [-0.39, 0.29) is 13.2 Å². The fraction of sp³-hybridized carbons (Fsp3) is 1.00. The van der Waals surface area contributed by atoms with E-state index in [4.69, 9.17) is 0 Å². The van der Waals surface area contributed by atoms with Crippen molar-refractivity contribution >= 4 is 0 Å². The van der Waals surface area contributed by atoms with Gasteiger partial charge in [0.25, 0.3) is 0 Å². The SMILES string of the molecule is [O]CCCC[N+](=O)[O-]. The maximum atomic E-state index is 9.69. The molecule has 1 radical (unpaired) electrons. The van der Waals surface area contributed by atoms with Crippen LogP contribution in [0.3, 0.4) is 0 Å². The van der Waals surface area contributed by atoms with Crippen LogP contribution in [0.4, 0.5) is 0 Å². The molecule has 0 unspecified atom stereocenters. The number of rotatable bonds is 4. The van der Waals surface area contributed by atoms with Crippen LogP contribution < -0.4 is 0 Å². The molecule has 8 heavy (non-hydrogen) atoms. The molecular formula is C4H8NO3. The van der Waals surface area contributed by atoms with Crippen molar-refractivity contribution in [2.24, 2.45) is 0 Å². The third kappa shape index (κ3) is 5.36. The van der Waals surface area contributed by atoms with Crippen LogP contribution in [0.1, 0.15) is 12.8 Å². The summed E-state index contributed by atoms with van der Waals surface area (Å²) in [6.45, 7) is -0.268. The molecule has 0 aromatic heterocycles. The molecule has 0 aliphatic heterocycles. The monoisotopic (exact) mass is 118 g/mol. The average Bonchev–Trinajstić information content (AvgIpc) is 1.66. The second-order valence-electron chi connectivity index (χ2n) is 1.47. The first-order valence-corrected chi connectivity index (χ1v) is 2.47. The zero-order valence-electron chi connectivity index (χ0n) is 4.50. The Labute approximate surface area is 47.3 Å². The summed E-state index contributed by atoms with van der Waals surface area (Å²) in [4.78, 5) is 9.17. The number of hydrogen-bond acceptors (Lipinski definition) is 2. The third-order valence-electron chi connectivity index (χ3n) is 0.735. The number of nitrogens with zero attached hydrogens (tertiary/aromatic N) is 1. The second kappa shape index (κ2) is 4.52. The lowest BCUT2D eigenvalue weighted by Crippen LogP contribution is -2.00. The molecule has 0 bridgehead atoms. The second-order valence-corrected chi connectivity index (χ2v) is 1.47. The van der Waals surface area contributed by atoms with Crippen LogP contribution in [0.15, 0.2) is 0 Å². The Kier molecular flexibility index (Phi) is 4.16. The van der Waals surface area contributed by atoms with Crippen LogP contribution in [0.25, 0.3) is 0 Å². The van der Waals surface area contributed by atoms with Gasteiger partial charge in [-0.1, -0.05) is 0 Å². The number of nitro groups is 1. The fourth-order valence-electron chi connectivity index (χ4n) is 0.343. The zero-order valence-corrected chi connectivity index (χ0v) is 4.50. The Bertz CT molecular complexity index is 73.7. The lowest BCUT2D eigenvalue weighted by molar-refractivity contribution is -0.480. The van der Waals surface area contributed by atoms with Crippen molar-refractivity contribution in [3.63, 3.8) is 0 Å². The van der Waals surface area contributed by atoms with E-state index in [1.54, 1.807) is 0 Å². The summed E-state index contributed by atoms with van der Waals surface area (Å²) in [6, 6.07) is 0. The quantitative estimate of drug-likeness (QED) is 0.306. The molecule has 4 heteroatoms. The van der Waals surface area contributed by atoms with E-state index in [1.807, 2.05) is 0 Å². The molecule has 0 aromatic carbocycles. The van der Waals surface area contributed by atoms with Crippen molar-refractivity contribution in [3.8, 4) is 0 Å². The van der Waals surface area contributed by atoms with Gasteiger partial charge in [0.05, 0.1) is 6.61 Å². The molecule has 0 amide bonds. The lowest BCUT2D eigenvalue weighted by atomic mass is 10.3. The van der Waals surface area contributed by atoms with Gasteiger partial charge in [-0.05, 0) is 6.42 Å². The highest BCUT2D eigenvalue weighted by Gasteiger charge is 1.93. The van der Waals surface area contributed by atoms with Gasteiger partial charge in [0.15, 0.2) is 0 Å². The van der Waals surface area contributed by atoms with Crippen molar-refractivity contribution in [2.75, 3.05) is 13.2 Å². The van der Waals surface area contributed by atoms with Crippen molar-refractivity contribution < 1.29 is 10.0 Å². The molecule has 0 heterocycles. The van der Waals surface area contributed by atoms with Crippen molar-refractivity contribution in [1.82, 2.24) is 0 Å². The first-order chi connectivity index (χ1) is 3.77. The van der Waals surface area contributed by atoms with Gasteiger partial charge in [0.1, 0.15) is 0 Å². The number of unbranched alkanes of at least 4 members (excludes halogenated alkanes) is 1. The van der Waals surface area contributed by atoms with E-state index >= 15 is 0 Å². The lowest BCUT2D eigenvalue weighted by Gasteiger charge is -1.87. The van der Waals surface area contributed by atoms with E-state index in [1.165, 1.54) is 0 Å². The maximum Gasteiger partial charge on any atom is 0.204 e. The van der Waals surface area contributed by atoms with Crippen LogP contribution in [0.5, 0.6) is 0 Å². The average molecular weight is 118 g/mol. The molecule has 4 nitrogen and oxygen atoms in total. The Balaban J connectivity index is 2.82. The van der Waals surface area contributed by atoms with Crippen LogP contribution in [-0.4, -0.2) is 18.1 Å². The molecule has 0 aromatic rings. The van der Waals surface area contributed by atoms with Gasteiger partial charge in [-0.15, -0.1) is 0 Å². The fourth-order valence-corrected chi connectivity index (χ4v) is 0.343. The van der Waals surface area contributed by atoms with Crippen molar-refractivity contribution in [1.29, 1.82) is 0 Å². The van der Waals surface area contributed by atoms with Gasteiger partial charge in [-0.2, -0.15) is 0 Å². The molecule has 0 fully saturated rings. The standard InChI is InChI=1S/C4H8NO3/c6-4-2-1-3-5(7)8/h1-4H2. The summed E-state index contributed by atoms with van der Waals surface area (Å²) in [6.07, 6.45) is 0.831. The highest BCUT2D eigenvalue weighted by molar-refractivity contribution is 4.32. The third-order valence-corrected chi connectivity index (χ3v) is 0.735. The predicted octanol–water partition coefficient (Wildman–Crippen LogP) is 0.474. The van der Waals surface area contributed by atoms with Crippen LogP contribution >= 0.6 is 0 Å². The maximum absolute atomic E-state index is 9.69.